The smallest absolute Gasteiger partial charge is 0.266 e. The second-order valence-electron chi connectivity index (χ2n) is 6.91. The summed E-state index contributed by atoms with van der Waals surface area (Å²) in [6.45, 7) is 4.21. The monoisotopic (exact) mass is 506 g/mol. The topological polar surface area (TPSA) is 62.1 Å². The number of nitriles is 1. The number of nitrogens with one attached hydrogen (secondary N) is 1. The number of amides is 1. The van der Waals surface area contributed by atoms with Crippen LogP contribution in [0.5, 0.6) is 5.75 Å². The molecule has 0 aliphatic rings. The highest BCUT2D eigenvalue weighted by atomic mass is 79.9. The van der Waals surface area contributed by atoms with Crippen LogP contribution >= 0.6 is 27.5 Å². The number of carbonyl (C=O) groups excluding carboxylic acids is 1. The Morgan fingerprint density at radius 1 is 1.16 bits per heavy atom. The number of ether oxygens (including phenoxy) is 1. The molecule has 0 aliphatic heterocycles. The molecule has 0 radical (unpaired) electrons. The van der Waals surface area contributed by atoms with E-state index in [0.29, 0.717) is 29.5 Å². The molecule has 4 nitrogen and oxygen atoms in total. The molecule has 160 valence electrons. The minimum absolute atomic E-state index is 0.00404. The van der Waals surface area contributed by atoms with Gasteiger partial charge in [0.05, 0.1) is 0 Å². The summed E-state index contributed by atoms with van der Waals surface area (Å²) in [5, 5.41) is 12.9. The minimum Gasteiger partial charge on any atom is -0.489 e. The Labute approximate surface area is 200 Å². The molecule has 0 fully saturated rings. The fraction of sp³-hybridized carbons (Fsp3) is 0.0769. The first-order chi connectivity index (χ1) is 15.5. The van der Waals surface area contributed by atoms with Gasteiger partial charge in [-0.2, -0.15) is 5.26 Å². The number of benzene rings is 3. The number of anilines is 1. The fourth-order valence-corrected chi connectivity index (χ4v) is 3.49. The van der Waals surface area contributed by atoms with Crippen LogP contribution in [0.4, 0.5) is 5.69 Å². The summed E-state index contributed by atoms with van der Waals surface area (Å²) in [4.78, 5) is 12.6. The molecule has 0 saturated carbocycles. The van der Waals surface area contributed by atoms with Gasteiger partial charge in [-0.25, -0.2) is 0 Å². The van der Waals surface area contributed by atoms with Gasteiger partial charge in [-0.15, -0.1) is 6.58 Å². The summed E-state index contributed by atoms with van der Waals surface area (Å²) in [5.41, 5.74) is 3.24. The molecule has 0 spiro atoms. The number of halogens is 2. The maximum Gasteiger partial charge on any atom is 0.266 e. The molecule has 0 aromatic heterocycles. The van der Waals surface area contributed by atoms with Gasteiger partial charge in [-0.3, -0.25) is 4.79 Å². The van der Waals surface area contributed by atoms with Crippen molar-refractivity contribution in [2.24, 2.45) is 0 Å². The molecule has 0 bridgehead atoms. The van der Waals surface area contributed by atoms with Crippen molar-refractivity contribution < 1.29 is 9.53 Å². The number of hydrogen-bond acceptors (Lipinski definition) is 3. The Balaban J connectivity index is 1.78. The van der Waals surface area contributed by atoms with Gasteiger partial charge in [-0.05, 0) is 71.7 Å². The highest BCUT2D eigenvalue weighted by Gasteiger charge is 2.11. The van der Waals surface area contributed by atoms with Gasteiger partial charge in [0.1, 0.15) is 24.0 Å². The van der Waals surface area contributed by atoms with Crippen LogP contribution in [-0.4, -0.2) is 5.91 Å². The van der Waals surface area contributed by atoms with Crippen molar-refractivity contribution in [2.75, 3.05) is 5.32 Å². The van der Waals surface area contributed by atoms with Gasteiger partial charge in [0, 0.05) is 15.2 Å². The molecule has 1 amide bonds. The molecule has 3 rings (SSSR count). The quantitative estimate of drug-likeness (QED) is 0.204. The van der Waals surface area contributed by atoms with E-state index in [1.165, 1.54) is 0 Å². The van der Waals surface area contributed by atoms with E-state index in [2.05, 4.69) is 27.8 Å². The molecule has 1 N–H and O–H groups in total. The Kier molecular flexibility index (Phi) is 8.27. The third-order valence-electron chi connectivity index (χ3n) is 4.51. The van der Waals surface area contributed by atoms with Crippen molar-refractivity contribution in [3.63, 3.8) is 0 Å². The molecule has 0 saturated heterocycles. The summed E-state index contributed by atoms with van der Waals surface area (Å²) in [5.74, 6) is 0.244. The maximum absolute atomic E-state index is 12.6. The van der Waals surface area contributed by atoms with Crippen molar-refractivity contribution in [1.82, 2.24) is 0 Å². The van der Waals surface area contributed by atoms with Crippen molar-refractivity contribution in [3.8, 4) is 11.8 Å². The third kappa shape index (κ3) is 6.58. The van der Waals surface area contributed by atoms with Gasteiger partial charge in [-0.1, -0.05) is 57.9 Å². The lowest BCUT2D eigenvalue weighted by molar-refractivity contribution is -0.112. The number of allylic oxidation sites excluding steroid dienone is 1. The highest BCUT2D eigenvalue weighted by molar-refractivity contribution is 9.10. The van der Waals surface area contributed by atoms with E-state index in [0.717, 1.165) is 21.2 Å². The minimum atomic E-state index is -0.473. The zero-order chi connectivity index (χ0) is 22.9. The first-order valence-corrected chi connectivity index (χ1v) is 11.0. The maximum atomic E-state index is 12.6. The van der Waals surface area contributed by atoms with E-state index in [-0.39, 0.29) is 5.57 Å². The lowest BCUT2D eigenvalue weighted by Gasteiger charge is -2.12. The average Bonchev–Trinajstić information content (AvgIpc) is 2.78. The Bertz CT molecular complexity index is 1200. The summed E-state index contributed by atoms with van der Waals surface area (Å²) < 4.78 is 6.81. The largest absolute Gasteiger partial charge is 0.489 e. The fourth-order valence-electron chi connectivity index (χ4n) is 2.97. The number of hydrogen-bond donors (Lipinski definition) is 1. The molecule has 6 heteroatoms. The molecule has 32 heavy (non-hydrogen) atoms. The predicted molar refractivity (Wildman–Crippen MR) is 132 cm³/mol. The number of nitrogens with zero attached hydrogens (tertiary/aromatic N) is 1. The summed E-state index contributed by atoms with van der Waals surface area (Å²) in [6.07, 6.45) is 3.93. The van der Waals surface area contributed by atoms with Crippen molar-refractivity contribution in [2.45, 2.75) is 13.0 Å². The van der Waals surface area contributed by atoms with Crippen LogP contribution in [0, 0.1) is 11.3 Å². The van der Waals surface area contributed by atoms with Gasteiger partial charge in [0.25, 0.3) is 5.91 Å². The van der Waals surface area contributed by atoms with Crippen LogP contribution in [0.15, 0.2) is 89.4 Å². The average molecular weight is 508 g/mol. The number of carbonyl (C=O) groups is 1. The summed E-state index contributed by atoms with van der Waals surface area (Å²) >= 11 is 9.29. The first kappa shape index (κ1) is 23.3. The zero-order valence-electron chi connectivity index (χ0n) is 17.1. The van der Waals surface area contributed by atoms with E-state index in [4.69, 9.17) is 16.3 Å². The summed E-state index contributed by atoms with van der Waals surface area (Å²) in [7, 11) is 0. The van der Waals surface area contributed by atoms with Gasteiger partial charge < -0.3 is 10.1 Å². The molecule has 0 atom stereocenters. The van der Waals surface area contributed by atoms with Crippen LogP contribution in [0.1, 0.15) is 16.7 Å². The van der Waals surface area contributed by atoms with E-state index in [9.17, 15) is 10.1 Å². The first-order valence-electron chi connectivity index (χ1n) is 9.78. The van der Waals surface area contributed by atoms with Gasteiger partial charge in [0.2, 0.25) is 0 Å². The summed E-state index contributed by atoms with van der Waals surface area (Å²) in [6, 6.07) is 22.2. The molecule has 0 aliphatic carbocycles. The molecule has 3 aromatic carbocycles. The predicted octanol–water partition coefficient (Wildman–Crippen LogP) is 6.96. The standard InChI is InChI=1S/C26H20BrClN2O2/c1-2-4-20-13-19(9-12-25(20)32-17-18-7-10-23(28)11-8-18)14-21(16-29)26(31)30-24-6-3-5-22(27)15-24/h2-3,5-15H,1,4,17H2,(H,30,31)/b21-14-. The molecule has 3 aromatic rings. The van der Waals surface area contributed by atoms with Crippen LogP contribution in [0.2, 0.25) is 5.02 Å². The van der Waals surface area contributed by atoms with Crippen molar-refractivity contribution in [3.05, 3.63) is 111 Å². The lowest BCUT2D eigenvalue weighted by atomic mass is 10.0. The second kappa shape index (κ2) is 11.3. The normalized spacial score (nSPS) is 10.8. The van der Waals surface area contributed by atoms with Gasteiger partial charge >= 0.3 is 0 Å². The number of rotatable bonds is 8. The van der Waals surface area contributed by atoms with E-state index >= 15 is 0 Å². The van der Waals surface area contributed by atoms with Crippen LogP contribution < -0.4 is 10.1 Å². The third-order valence-corrected chi connectivity index (χ3v) is 5.26. The van der Waals surface area contributed by atoms with Crippen LogP contribution in [0.25, 0.3) is 6.08 Å². The Morgan fingerprint density at radius 2 is 1.94 bits per heavy atom. The zero-order valence-corrected chi connectivity index (χ0v) is 19.5. The van der Waals surface area contributed by atoms with Crippen LogP contribution in [0.3, 0.4) is 0 Å². The van der Waals surface area contributed by atoms with E-state index in [1.807, 2.05) is 54.6 Å². The Morgan fingerprint density at radius 3 is 2.62 bits per heavy atom. The van der Waals surface area contributed by atoms with E-state index in [1.54, 1.807) is 30.4 Å². The molecular formula is C26H20BrClN2O2. The van der Waals surface area contributed by atoms with E-state index < -0.39 is 5.91 Å². The molecule has 0 unspecified atom stereocenters. The Hall–Kier alpha value is -3.33. The van der Waals surface area contributed by atoms with Crippen LogP contribution in [-0.2, 0) is 17.8 Å². The van der Waals surface area contributed by atoms with Crippen molar-refractivity contribution in [1.29, 1.82) is 5.26 Å². The second-order valence-corrected chi connectivity index (χ2v) is 8.26. The highest BCUT2D eigenvalue weighted by Crippen LogP contribution is 2.24. The van der Waals surface area contributed by atoms with Crippen molar-refractivity contribution >= 4 is 45.2 Å². The molecule has 0 heterocycles. The molecular weight excluding hydrogens is 488 g/mol. The SMILES string of the molecule is C=CCc1cc(/C=C(/C#N)C(=O)Nc2cccc(Br)c2)ccc1OCc1ccc(Cl)cc1. The van der Waals surface area contributed by atoms with Gasteiger partial charge in [0.15, 0.2) is 0 Å². The lowest BCUT2D eigenvalue weighted by Crippen LogP contribution is -2.13.